The van der Waals surface area contributed by atoms with Crippen LogP contribution in [-0.4, -0.2) is 66.0 Å². The summed E-state index contributed by atoms with van der Waals surface area (Å²) in [5, 5.41) is 17.8. The number of nitrogens with zero attached hydrogens (tertiary/aromatic N) is 2. The van der Waals surface area contributed by atoms with E-state index in [1.54, 1.807) is 0 Å². The fourth-order valence-electron chi connectivity index (χ4n) is 2.02. The third kappa shape index (κ3) is 3.41. The van der Waals surface area contributed by atoms with E-state index in [-0.39, 0.29) is 19.7 Å². The summed E-state index contributed by atoms with van der Waals surface area (Å²) in [5.74, 6) is -1.10. The summed E-state index contributed by atoms with van der Waals surface area (Å²) in [6, 6.07) is -0.972. The lowest BCUT2D eigenvalue weighted by Crippen LogP contribution is -2.52. The van der Waals surface area contributed by atoms with Gasteiger partial charge >= 0.3 is 5.97 Å². The van der Waals surface area contributed by atoms with Crippen molar-refractivity contribution in [2.45, 2.75) is 31.7 Å². The molecule has 1 unspecified atom stereocenters. The maximum absolute atomic E-state index is 12.2. The van der Waals surface area contributed by atoms with Crippen molar-refractivity contribution in [3.63, 3.8) is 0 Å². The SMILES string of the molecule is CN(CCCO)S(=O)(=O)N1CCCCC1C(=O)O. The van der Waals surface area contributed by atoms with E-state index in [4.69, 9.17) is 10.2 Å². The van der Waals surface area contributed by atoms with Crippen LogP contribution in [0.5, 0.6) is 0 Å². The molecule has 1 saturated heterocycles. The van der Waals surface area contributed by atoms with E-state index in [2.05, 4.69) is 0 Å². The number of carboxylic acids is 1. The molecule has 0 spiro atoms. The molecule has 0 bridgehead atoms. The maximum Gasteiger partial charge on any atom is 0.322 e. The maximum atomic E-state index is 12.2. The summed E-state index contributed by atoms with van der Waals surface area (Å²) in [5.41, 5.74) is 0. The zero-order valence-electron chi connectivity index (χ0n) is 10.4. The fraction of sp³-hybridized carbons (Fsp3) is 0.900. The lowest BCUT2D eigenvalue weighted by Gasteiger charge is -2.34. The second-order valence-corrected chi connectivity index (χ2v) is 6.36. The van der Waals surface area contributed by atoms with Gasteiger partial charge in [0.05, 0.1) is 0 Å². The van der Waals surface area contributed by atoms with Gasteiger partial charge in [-0.2, -0.15) is 17.0 Å². The molecule has 0 aromatic carbocycles. The Kier molecular flexibility index (Phi) is 5.51. The first-order valence-corrected chi connectivity index (χ1v) is 7.37. The second-order valence-electron chi connectivity index (χ2n) is 4.37. The van der Waals surface area contributed by atoms with Crippen molar-refractivity contribution < 1.29 is 23.4 Å². The second kappa shape index (κ2) is 6.46. The van der Waals surface area contributed by atoms with Crippen LogP contribution in [0.25, 0.3) is 0 Å². The molecule has 7 nitrogen and oxygen atoms in total. The fourth-order valence-corrected chi connectivity index (χ4v) is 3.61. The van der Waals surface area contributed by atoms with E-state index in [0.717, 1.165) is 15.0 Å². The van der Waals surface area contributed by atoms with Gasteiger partial charge in [-0.15, -0.1) is 0 Å². The number of hydrogen-bond donors (Lipinski definition) is 2. The smallest absolute Gasteiger partial charge is 0.322 e. The number of rotatable bonds is 6. The van der Waals surface area contributed by atoms with Crippen LogP contribution in [0.3, 0.4) is 0 Å². The van der Waals surface area contributed by atoms with E-state index < -0.39 is 22.2 Å². The molecule has 0 radical (unpaired) electrons. The molecule has 0 saturated carbocycles. The summed E-state index contributed by atoms with van der Waals surface area (Å²) >= 11 is 0. The molecule has 1 rings (SSSR count). The molecule has 18 heavy (non-hydrogen) atoms. The number of carbonyl (C=O) groups is 1. The highest BCUT2D eigenvalue weighted by Gasteiger charge is 2.38. The minimum absolute atomic E-state index is 0.0950. The molecule has 8 heteroatoms. The lowest BCUT2D eigenvalue weighted by molar-refractivity contribution is -0.142. The minimum Gasteiger partial charge on any atom is -0.480 e. The Morgan fingerprint density at radius 1 is 1.44 bits per heavy atom. The third-order valence-electron chi connectivity index (χ3n) is 3.06. The Balaban J connectivity index is 2.83. The van der Waals surface area contributed by atoms with E-state index in [9.17, 15) is 13.2 Å². The largest absolute Gasteiger partial charge is 0.480 e. The molecular formula is C10H20N2O5S. The standard InChI is InChI=1S/C10H20N2O5S/c1-11(6-4-8-13)18(16,17)12-7-3-2-5-9(12)10(14)15/h9,13H,2-8H2,1H3,(H,14,15). The van der Waals surface area contributed by atoms with Crippen molar-refractivity contribution in [2.75, 3.05) is 26.7 Å². The average molecular weight is 280 g/mol. The lowest BCUT2D eigenvalue weighted by atomic mass is 10.1. The molecule has 1 atom stereocenters. The van der Waals surface area contributed by atoms with E-state index >= 15 is 0 Å². The van der Waals surface area contributed by atoms with Crippen molar-refractivity contribution in [1.29, 1.82) is 0 Å². The van der Waals surface area contributed by atoms with Gasteiger partial charge in [0.25, 0.3) is 10.2 Å². The van der Waals surface area contributed by atoms with E-state index in [1.807, 2.05) is 0 Å². The quantitative estimate of drug-likeness (QED) is 0.682. The Morgan fingerprint density at radius 2 is 2.11 bits per heavy atom. The van der Waals surface area contributed by atoms with Gasteiger partial charge in [0.15, 0.2) is 0 Å². The summed E-state index contributed by atoms with van der Waals surface area (Å²) in [6.07, 6.45) is 2.09. The number of hydrogen-bond acceptors (Lipinski definition) is 4. The van der Waals surface area contributed by atoms with Gasteiger partial charge in [0, 0.05) is 26.7 Å². The molecule has 0 aliphatic carbocycles. The van der Waals surface area contributed by atoms with Crippen molar-refractivity contribution in [2.24, 2.45) is 0 Å². The Hall–Kier alpha value is -0.700. The third-order valence-corrected chi connectivity index (χ3v) is 5.06. The van der Waals surface area contributed by atoms with Crippen LogP contribution in [-0.2, 0) is 15.0 Å². The molecule has 106 valence electrons. The normalized spacial score (nSPS) is 22.3. The van der Waals surface area contributed by atoms with Crippen molar-refractivity contribution in [3.05, 3.63) is 0 Å². The zero-order valence-corrected chi connectivity index (χ0v) is 11.3. The highest BCUT2D eigenvalue weighted by atomic mass is 32.2. The van der Waals surface area contributed by atoms with Crippen LogP contribution in [0.15, 0.2) is 0 Å². The van der Waals surface area contributed by atoms with Gasteiger partial charge in [0.2, 0.25) is 0 Å². The highest BCUT2D eigenvalue weighted by molar-refractivity contribution is 7.86. The summed E-state index contributed by atoms with van der Waals surface area (Å²) in [7, 11) is -2.35. The highest BCUT2D eigenvalue weighted by Crippen LogP contribution is 2.22. The number of carboxylic acid groups (broad SMARTS) is 1. The van der Waals surface area contributed by atoms with Gasteiger partial charge in [-0.1, -0.05) is 0 Å². The van der Waals surface area contributed by atoms with Crippen molar-refractivity contribution in [3.8, 4) is 0 Å². The number of aliphatic hydroxyl groups is 1. The number of aliphatic carboxylic acids is 1. The first-order valence-electron chi connectivity index (χ1n) is 5.98. The zero-order chi connectivity index (χ0) is 13.8. The van der Waals surface area contributed by atoms with Crippen LogP contribution < -0.4 is 0 Å². The summed E-state index contributed by atoms with van der Waals surface area (Å²) in [6.45, 7) is 0.326. The molecule has 1 aliphatic heterocycles. The molecule has 1 fully saturated rings. The molecule has 0 amide bonds. The van der Waals surface area contributed by atoms with E-state index in [1.165, 1.54) is 7.05 Å². The van der Waals surface area contributed by atoms with Crippen molar-refractivity contribution >= 4 is 16.2 Å². The van der Waals surface area contributed by atoms with E-state index in [0.29, 0.717) is 19.3 Å². The molecule has 1 aliphatic rings. The van der Waals surface area contributed by atoms with Gasteiger partial charge in [0.1, 0.15) is 6.04 Å². The monoisotopic (exact) mass is 280 g/mol. The summed E-state index contributed by atoms with van der Waals surface area (Å²) < 4.78 is 26.6. The Morgan fingerprint density at radius 3 is 2.67 bits per heavy atom. The van der Waals surface area contributed by atoms with Gasteiger partial charge in [-0.05, 0) is 25.7 Å². The minimum atomic E-state index is -3.75. The molecule has 1 heterocycles. The van der Waals surface area contributed by atoms with Gasteiger partial charge < -0.3 is 10.2 Å². The number of aliphatic hydroxyl groups excluding tert-OH is 1. The first-order chi connectivity index (χ1) is 8.41. The topological polar surface area (TPSA) is 98.2 Å². The average Bonchev–Trinajstić information content (AvgIpc) is 2.35. The van der Waals surface area contributed by atoms with Gasteiger partial charge in [-0.25, -0.2) is 0 Å². The Labute approximate surface area is 107 Å². The molecule has 0 aromatic rings. The molecule has 2 N–H and O–H groups in total. The summed E-state index contributed by atoms with van der Waals surface area (Å²) in [4.78, 5) is 11.1. The van der Waals surface area contributed by atoms with Gasteiger partial charge in [-0.3, -0.25) is 4.79 Å². The molecule has 0 aromatic heterocycles. The van der Waals surface area contributed by atoms with Crippen LogP contribution in [0, 0.1) is 0 Å². The predicted molar refractivity (Wildman–Crippen MR) is 65.2 cm³/mol. The number of piperidine rings is 1. The van der Waals surface area contributed by atoms with Crippen molar-refractivity contribution in [1.82, 2.24) is 8.61 Å². The van der Waals surface area contributed by atoms with Crippen LogP contribution in [0.4, 0.5) is 0 Å². The molecular weight excluding hydrogens is 260 g/mol. The first kappa shape index (κ1) is 15.4. The Bertz CT molecular complexity index is 384. The van der Waals surface area contributed by atoms with Crippen LogP contribution >= 0.6 is 0 Å². The predicted octanol–water partition coefficient (Wildman–Crippen LogP) is -0.515. The van der Waals surface area contributed by atoms with Crippen LogP contribution in [0.1, 0.15) is 25.7 Å². The van der Waals surface area contributed by atoms with Crippen LogP contribution in [0.2, 0.25) is 0 Å².